The maximum atomic E-state index is 13.5. The maximum absolute atomic E-state index is 13.5. The van der Waals surface area contributed by atoms with Crippen molar-refractivity contribution in [2.75, 3.05) is 21.3 Å². The van der Waals surface area contributed by atoms with E-state index in [1.165, 1.54) is 32.5 Å². The van der Waals surface area contributed by atoms with E-state index in [1.54, 1.807) is 12.1 Å². The lowest BCUT2D eigenvalue weighted by molar-refractivity contribution is 0.103. The zero-order valence-electron chi connectivity index (χ0n) is 20.6. The summed E-state index contributed by atoms with van der Waals surface area (Å²) in [4.78, 5) is 21.8. The number of rotatable bonds is 6. The summed E-state index contributed by atoms with van der Waals surface area (Å²) in [6.45, 7) is 4.18. The Labute approximate surface area is 203 Å². The summed E-state index contributed by atoms with van der Waals surface area (Å²) in [5.74, 6) is 1.95. The second-order valence-corrected chi connectivity index (χ2v) is 8.67. The number of hydrogen-bond acceptors (Lipinski definition) is 5. The number of hydrogen-bond donors (Lipinski definition) is 1. The van der Waals surface area contributed by atoms with Crippen molar-refractivity contribution in [2.24, 2.45) is 7.05 Å². The van der Waals surface area contributed by atoms with Gasteiger partial charge in [0, 0.05) is 40.8 Å². The van der Waals surface area contributed by atoms with Crippen molar-refractivity contribution in [3.8, 4) is 28.6 Å². The smallest absolute Gasteiger partial charge is 0.203 e. The Morgan fingerprint density at radius 1 is 0.886 bits per heavy atom. The Hall–Kier alpha value is -4.26. The molecule has 2 aromatic heterocycles. The van der Waals surface area contributed by atoms with Gasteiger partial charge in [0.1, 0.15) is 5.82 Å². The average Bonchev–Trinajstić information content (AvgIpc) is 3.42. The van der Waals surface area contributed by atoms with Gasteiger partial charge in [-0.05, 0) is 67.4 Å². The average molecular weight is 470 g/mol. The molecule has 0 saturated carbocycles. The highest BCUT2D eigenvalue weighted by Crippen LogP contribution is 2.39. The van der Waals surface area contributed by atoms with Crippen LogP contribution in [-0.4, -0.2) is 41.6 Å². The number of H-pyrrole nitrogens is 1. The number of benzene rings is 3. The van der Waals surface area contributed by atoms with Crippen molar-refractivity contribution in [2.45, 2.75) is 13.8 Å². The molecule has 7 heteroatoms. The van der Waals surface area contributed by atoms with E-state index in [0.717, 1.165) is 33.3 Å². The lowest BCUT2D eigenvalue weighted by Gasteiger charge is -2.13. The lowest BCUT2D eigenvalue weighted by atomic mass is 10.00. The summed E-state index contributed by atoms with van der Waals surface area (Å²) in [6.07, 6.45) is 2.04. The Morgan fingerprint density at radius 2 is 1.57 bits per heavy atom. The first-order valence-electron chi connectivity index (χ1n) is 11.3. The first kappa shape index (κ1) is 22.5. The maximum Gasteiger partial charge on any atom is 0.203 e. The molecule has 0 fully saturated rings. The molecule has 178 valence electrons. The summed E-state index contributed by atoms with van der Waals surface area (Å²) in [5, 5.41) is 0.943. The number of imidazole rings is 1. The number of carbonyl (C=O) groups excluding carboxylic acids is 1. The van der Waals surface area contributed by atoms with Gasteiger partial charge in [0.05, 0.1) is 32.4 Å². The number of fused-ring (bicyclic) bond motifs is 2. The predicted molar refractivity (Wildman–Crippen MR) is 137 cm³/mol. The molecule has 7 nitrogen and oxygen atoms in total. The number of ether oxygens (including phenoxy) is 3. The molecule has 0 atom stereocenters. The molecule has 3 aromatic carbocycles. The Balaban J connectivity index is 1.63. The van der Waals surface area contributed by atoms with Gasteiger partial charge in [0.25, 0.3) is 0 Å². The fourth-order valence-corrected chi connectivity index (χ4v) is 4.50. The van der Waals surface area contributed by atoms with E-state index in [2.05, 4.69) is 31.0 Å². The third kappa shape index (κ3) is 3.69. The molecule has 35 heavy (non-hydrogen) atoms. The van der Waals surface area contributed by atoms with E-state index in [0.29, 0.717) is 28.4 Å². The molecule has 5 aromatic rings. The van der Waals surface area contributed by atoms with Crippen molar-refractivity contribution < 1.29 is 19.0 Å². The summed E-state index contributed by atoms with van der Waals surface area (Å²) in [6, 6.07) is 13.3. The SMILES string of the molecule is COc1cc(C(=O)c2ccc3c(c2)c(-c2nc4cc(C)c(C)cc4[nH]2)cn3C)cc(OC)c1OC. The highest BCUT2D eigenvalue weighted by molar-refractivity contribution is 6.12. The van der Waals surface area contributed by atoms with Crippen molar-refractivity contribution in [3.63, 3.8) is 0 Å². The van der Waals surface area contributed by atoms with Gasteiger partial charge >= 0.3 is 0 Å². The monoisotopic (exact) mass is 469 g/mol. The van der Waals surface area contributed by atoms with Crippen LogP contribution in [-0.2, 0) is 7.05 Å². The number of nitrogens with zero attached hydrogens (tertiary/aromatic N) is 2. The Morgan fingerprint density at radius 3 is 2.23 bits per heavy atom. The number of methoxy groups -OCH3 is 3. The van der Waals surface area contributed by atoms with Gasteiger partial charge in [-0.3, -0.25) is 4.79 Å². The summed E-state index contributed by atoms with van der Waals surface area (Å²) < 4.78 is 18.3. The molecule has 0 bridgehead atoms. The number of nitrogens with one attached hydrogen (secondary N) is 1. The van der Waals surface area contributed by atoms with Gasteiger partial charge in [-0.1, -0.05) is 0 Å². The minimum Gasteiger partial charge on any atom is -0.493 e. The summed E-state index contributed by atoms with van der Waals surface area (Å²) in [5.41, 5.74) is 7.28. The standard InChI is InChI=1S/C28H27N3O4/c1-15-9-21-22(10-16(15)2)30-28(29-21)20-14-31(3)23-8-7-17(11-19(20)23)26(32)18-12-24(33-4)27(35-6)25(13-18)34-5/h7-14H,1-6H3,(H,29,30). The zero-order valence-corrected chi connectivity index (χ0v) is 20.6. The van der Waals surface area contributed by atoms with Gasteiger partial charge in [0.15, 0.2) is 17.3 Å². The molecule has 2 heterocycles. The topological polar surface area (TPSA) is 78.4 Å². The molecule has 0 saturated heterocycles. The van der Waals surface area contributed by atoms with Crippen molar-refractivity contribution in [1.29, 1.82) is 0 Å². The van der Waals surface area contributed by atoms with E-state index in [9.17, 15) is 4.79 Å². The molecule has 0 radical (unpaired) electrons. The zero-order chi connectivity index (χ0) is 24.9. The molecule has 0 aliphatic heterocycles. The molecular weight excluding hydrogens is 442 g/mol. The van der Waals surface area contributed by atoms with Gasteiger partial charge < -0.3 is 23.8 Å². The second kappa shape index (κ2) is 8.51. The molecule has 0 aliphatic carbocycles. The van der Waals surface area contributed by atoms with Gasteiger partial charge in [-0.15, -0.1) is 0 Å². The summed E-state index contributed by atoms with van der Waals surface area (Å²) >= 11 is 0. The van der Waals surface area contributed by atoms with Crippen LogP contribution in [0.3, 0.4) is 0 Å². The molecule has 0 aliphatic rings. The number of aromatic amines is 1. The fraction of sp³-hybridized carbons (Fsp3) is 0.214. The minimum atomic E-state index is -0.142. The molecule has 0 unspecified atom stereocenters. The largest absolute Gasteiger partial charge is 0.493 e. The van der Waals surface area contributed by atoms with Crippen LogP contribution in [0, 0.1) is 13.8 Å². The normalized spacial score (nSPS) is 11.3. The van der Waals surface area contributed by atoms with E-state index < -0.39 is 0 Å². The molecule has 0 spiro atoms. The van der Waals surface area contributed by atoms with Crippen LogP contribution in [0.2, 0.25) is 0 Å². The van der Waals surface area contributed by atoms with Crippen molar-refractivity contribution >= 4 is 27.7 Å². The first-order valence-corrected chi connectivity index (χ1v) is 11.3. The second-order valence-electron chi connectivity index (χ2n) is 8.67. The van der Waals surface area contributed by atoms with Crippen LogP contribution < -0.4 is 14.2 Å². The van der Waals surface area contributed by atoms with Crippen LogP contribution in [0.15, 0.2) is 48.7 Å². The Kier molecular flexibility index (Phi) is 5.47. The number of aromatic nitrogens is 3. The molecule has 1 N–H and O–H groups in total. The Bertz CT molecular complexity index is 1550. The molecular formula is C28H27N3O4. The van der Waals surface area contributed by atoms with E-state index in [4.69, 9.17) is 19.2 Å². The quantitative estimate of drug-likeness (QED) is 0.328. The van der Waals surface area contributed by atoms with Crippen LogP contribution in [0.5, 0.6) is 17.2 Å². The van der Waals surface area contributed by atoms with Crippen molar-refractivity contribution in [1.82, 2.24) is 14.5 Å². The molecule has 0 amide bonds. The fourth-order valence-electron chi connectivity index (χ4n) is 4.50. The highest BCUT2D eigenvalue weighted by atomic mass is 16.5. The lowest BCUT2D eigenvalue weighted by Crippen LogP contribution is -2.04. The predicted octanol–water partition coefficient (Wildman–Crippen LogP) is 5.60. The minimum absolute atomic E-state index is 0.142. The van der Waals surface area contributed by atoms with Crippen molar-refractivity contribution in [3.05, 3.63) is 70.9 Å². The molecule has 5 rings (SSSR count). The van der Waals surface area contributed by atoms with Gasteiger partial charge in [-0.25, -0.2) is 4.98 Å². The summed E-state index contributed by atoms with van der Waals surface area (Å²) in [7, 11) is 6.59. The first-order chi connectivity index (χ1) is 16.8. The third-order valence-corrected chi connectivity index (χ3v) is 6.53. The number of ketones is 1. The van der Waals surface area contributed by atoms with Gasteiger partial charge in [0.2, 0.25) is 5.75 Å². The highest BCUT2D eigenvalue weighted by Gasteiger charge is 2.20. The number of aryl methyl sites for hydroxylation is 3. The van der Waals surface area contributed by atoms with Crippen LogP contribution >= 0.6 is 0 Å². The number of carbonyl (C=O) groups is 1. The van der Waals surface area contributed by atoms with E-state index in [-0.39, 0.29) is 5.78 Å². The van der Waals surface area contributed by atoms with E-state index in [1.807, 2.05) is 36.0 Å². The van der Waals surface area contributed by atoms with Crippen LogP contribution in [0.25, 0.3) is 33.3 Å². The van der Waals surface area contributed by atoms with E-state index >= 15 is 0 Å². The van der Waals surface area contributed by atoms with Crippen LogP contribution in [0.1, 0.15) is 27.0 Å². The van der Waals surface area contributed by atoms with Gasteiger partial charge in [-0.2, -0.15) is 0 Å². The third-order valence-electron chi connectivity index (χ3n) is 6.53. The van der Waals surface area contributed by atoms with Crippen LogP contribution in [0.4, 0.5) is 0 Å².